The second kappa shape index (κ2) is 12.0. The zero-order valence-electron chi connectivity index (χ0n) is 13.7. The molecule has 22 heavy (non-hydrogen) atoms. The molecule has 0 saturated heterocycles. The Kier molecular flexibility index (Phi) is 11.2. The molecule has 1 aromatic carbocycles. The number of hydrogen-bond acceptors (Lipinski definition) is 2. The first-order valence-corrected chi connectivity index (χ1v) is 8.04. The molecule has 0 unspecified atom stereocenters. The van der Waals surface area contributed by atoms with E-state index >= 15 is 0 Å². The number of hydrogen-bond donors (Lipinski definition) is 0. The van der Waals surface area contributed by atoms with E-state index in [0.29, 0.717) is 0 Å². The van der Waals surface area contributed by atoms with E-state index in [1.165, 1.54) is 25.7 Å². The zero-order valence-corrected chi connectivity index (χ0v) is 13.7. The molecule has 0 radical (unpaired) electrons. The van der Waals surface area contributed by atoms with Gasteiger partial charge >= 0.3 is 0 Å². The van der Waals surface area contributed by atoms with Crippen molar-refractivity contribution in [2.75, 3.05) is 6.61 Å². The summed E-state index contributed by atoms with van der Waals surface area (Å²) in [5.41, 5.74) is 1.77. The normalized spacial score (nSPS) is 10.5. The third-order valence-electron chi connectivity index (χ3n) is 3.51. The van der Waals surface area contributed by atoms with Gasteiger partial charge in [-0.05, 0) is 63.3 Å². The number of aryl methyl sites for hydroxylation is 1. The molecule has 0 atom stereocenters. The van der Waals surface area contributed by atoms with Gasteiger partial charge in [-0.25, -0.2) is 0 Å². The highest BCUT2D eigenvalue weighted by Crippen LogP contribution is 2.18. The molecule has 124 valence electrons. The van der Waals surface area contributed by atoms with Crippen LogP contribution in [0.4, 0.5) is 0 Å². The van der Waals surface area contributed by atoms with Crippen LogP contribution in [0.2, 0.25) is 0 Å². The molecule has 1 rings (SSSR count). The van der Waals surface area contributed by atoms with Gasteiger partial charge in [-0.15, -0.1) is 0 Å². The van der Waals surface area contributed by atoms with Gasteiger partial charge in [0.15, 0.2) is 5.78 Å². The molecule has 0 bridgehead atoms. The number of ketones is 1. The standard InChI is InChI=1S/C19H28O2.CH4/c1-4-5-6-7-8-9-10-11-14-21-18-12-13-19(17(3)20)16(2)15-18;/h5-6,12-13,15H,4,7-11,14H2,1-3H3;1H4/b6-5-;. The summed E-state index contributed by atoms with van der Waals surface area (Å²) in [4.78, 5) is 11.4. The molecule has 0 saturated carbocycles. The maximum atomic E-state index is 11.4. The Labute approximate surface area is 136 Å². The maximum Gasteiger partial charge on any atom is 0.160 e. The second-order valence-corrected chi connectivity index (χ2v) is 5.46. The summed E-state index contributed by atoms with van der Waals surface area (Å²) < 4.78 is 5.74. The van der Waals surface area contributed by atoms with Gasteiger partial charge in [-0.2, -0.15) is 0 Å². The Bertz CT molecular complexity index is 461. The summed E-state index contributed by atoms with van der Waals surface area (Å²) in [6, 6.07) is 5.69. The van der Waals surface area contributed by atoms with Gasteiger partial charge in [0.2, 0.25) is 0 Å². The van der Waals surface area contributed by atoms with Crippen molar-refractivity contribution >= 4 is 5.78 Å². The summed E-state index contributed by atoms with van der Waals surface area (Å²) in [5.74, 6) is 0.972. The topological polar surface area (TPSA) is 26.3 Å². The van der Waals surface area contributed by atoms with Crippen LogP contribution in [0.25, 0.3) is 0 Å². The van der Waals surface area contributed by atoms with Gasteiger partial charge in [0, 0.05) is 5.56 Å². The van der Waals surface area contributed by atoms with E-state index in [1.54, 1.807) is 6.92 Å². The van der Waals surface area contributed by atoms with Crippen molar-refractivity contribution in [1.29, 1.82) is 0 Å². The molecule has 0 spiro atoms. The van der Waals surface area contributed by atoms with Crippen molar-refractivity contribution in [3.63, 3.8) is 0 Å². The molecule has 0 aliphatic heterocycles. The van der Waals surface area contributed by atoms with Crippen LogP contribution < -0.4 is 4.74 Å². The van der Waals surface area contributed by atoms with Crippen LogP contribution in [-0.2, 0) is 0 Å². The molecule has 0 amide bonds. The number of carbonyl (C=O) groups is 1. The molecule has 2 nitrogen and oxygen atoms in total. The fourth-order valence-corrected chi connectivity index (χ4v) is 2.31. The molecule has 0 aromatic heterocycles. The molecule has 0 N–H and O–H groups in total. The monoisotopic (exact) mass is 304 g/mol. The minimum atomic E-state index is 0. The van der Waals surface area contributed by atoms with Crippen LogP contribution in [0.1, 0.15) is 75.7 Å². The Morgan fingerprint density at radius 1 is 1.14 bits per heavy atom. The van der Waals surface area contributed by atoms with Crippen LogP contribution in [-0.4, -0.2) is 12.4 Å². The average molecular weight is 304 g/mol. The summed E-state index contributed by atoms with van der Waals surface area (Å²) in [7, 11) is 0. The highest BCUT2D eigenvalue weighted by atomic mass is 16.5. The van der Waals surface area contributed by atoms with Crippen molar-refractivity contribution in [2.24, 2.45) is 0 Å². The third kappa shape index (κ3) is 8.02. The fourth-order valence-electron chi connectivity index (χ4n) is 2.31. The van der Waals surface area contributed by atoms with Gasteiger partial charge < -0.3 is 4.74 Å². The van der Waals surface area contributed by atoms with Crippen LogP contribution >= 0.6 is 0 Å². The van der Waals surface area contributed by atoms with E-state index < -0.39 is 0 Å². The Morgan fingerprint density at radius 2 is 1.86 bits per heavy atom. The largest absolute Gasteiger partial charge is 0.494 e. The first-order chi connectivity index (χ1) is 10.1. The lowest BCUT2D eigenvalue weighted by Crippen LogP contribution is -2.00. The minimum Gasteiger partial charge on any atom is -0.494 e. The molecular formula is C20H32O2. The molecule has 2 heteroatoms. The van der Waals surface area contributed by atoms with E-state index in [2.05, 4.69) is 19.1 Å². The van der Waals surface area contributed by atoms with E-state index in [0.717, 1.165) is 36.3 Å². The van der Waals surface area contributed by atoms with Crippen LogP contribution in [0.5, 0.6) is 5.75 Å². The van der Waals surface area contributed by atoms with E-state index in [9.17, 15) is 4.79 Å². The summed E-state index contributed by atoms with van der Waals surface area (Å²) in [6.07, 6.45) is 11.7. The first-order valence-electron chi connectivity index (χ1n) is 8.04. The quantitative estimate of drug-likeness (QED) is 0.295. The molecular weight excluding hydrogens is 272 g/mol. The zero-order chi connectivity index (χ0) is 15.5. The lowest BCUT2D eigenvalue weighted by molar-refractivity contribution is 0.101. The fraction of sp³-hybridized carbons (Fsp3) is 0.550. The van der Waals surface area contributed by atoms with Crippen LogP contribution in [0.3, 0.4) is 0 Å². The van der Waals surface area contributed by atoms with Gasteiger partial charge in [0.05, 0.1) is 6.61 Å². The van der Waals surface area contributed by atoms with Crippen molar-refractivity contribution in [3.05, 3.63) is 41.5 Å². The van der Waals surface area contributed by atoms with E-state index in [4.69, 9.17) is 4.74 Å². The van der Waals surface area contributed by atoms with Gasteiger partial charge in [0.1, 0.15) is 5.75 Å². The van der Waals surface area contributed by atoms with Gasteiger partial charge in [-0.3, -0.25) is 4.79 Å². The third-order valence-corrected chi connectivity index (χ3v) is 3.51. The Balaban J connectivity index is 0.00000441. The van der Waals surface area contributed by atoms with Crippen molar-refractivity contribution < 1.29 is 9.53 Å². The van der Waals surface area contributed by atoms with Crippen LogP contribution in [0, 0.1) is 6.92 Å². The summed E-state index contributed by atoms with van der Waals surface area (Å²) in [6.45, 7) is 6.47. The predicted octanol–water partition coefficient (Wildman–Crippen LogP) is 6.13. The second-order valence-electron chi connectivity index (χ2n) is 5.46. The SMILES string of the molecule is C.CC/C=C\CCCCCCOc1ccc(C(C)=O)c(C)c1. The van der Waals surface area contributed by atoms with Gasteiger partial charge in [-0.1, -0.05) is 39.3 Å². The van der Waals surface area contributed by atoms with Crippen molar-refractivity contribution in [3.8, 4) is 5.75 Å². The number of ether oxygens (including phenoxy) is 1. The number of Topliss-reactive ketones (excluding diaryl/α,β-unsaturated/α-hetero) is 1. The number of rotatable bonds is 10. The predicted molar refractivity (Wildman–Crippen MR) is 95.9 cm³/mol. The van der Waals surface area contributed by atoms with Crippen LogP contribution in [0.15, 0.2) is 30.4 Å². The van der Waals surface area contributed by atoms with E-state index in [1.807, 2.05) is 25.1 Å². The highest BCUT2D eigenvalue weighted by Gasteiger charge is 2.04. The highest BCUT2D eigenvalue weighted by molar-refractivity contribution is 5.95. The van der Waals surface area contributed by atoms with Crippen molar-refractivity contribution in [2.45, 2.75) is 66.7 Å². The van der Waals surface area contributed by atoms with Crippen molar-refractivity contribution in [1.82, 2.24) is 0 Å². The molecule has 0 heterocycles. The maximum absolute atomic E-state index is 11.4. The lowest BCUT2D eigenvalue weighted by Gasteiger charge is -2.08. The minimum absolute atomic E-state index is 0. The lowest BCUT2D eigenvalue weighted by atomic mass is 10.1. The molecule has 1 aromatic rings. The summed E-state index contributed by atoms with van der Waals surface area (Å²) >= 11 is 0. The number of allylic oxidation sites excluding steroid dienone is 2. The summed E-state index contributed by atoms with van der Waals surface area (Å²) in [5, 5.41) is 0. The van der Waals surface area contributed by atoms with E-state index in [-0.39, 0.29) is 13.2 Å². The number of unbranched alkanes of at least 4 members (excludes halogenated alkanes) is 4. The first kappa shape index (κ1) is 20.4. The molecule has 0 aliphatic rings. The Morgan fingerprint density at radius 3 is 2.50 bits per heavy atom. The number of carbonyl (C=O) groups excluding carboxylic acids is 1. The molecule has 0 aliphatic carbocycles. The van der Waals surface area contributed by atoms with Gasteiger partial charge in [0.25, 0.3) is 0 Å². The molecule has 0 fully saturated rings. The number of benzene rings is 1. The average Bonchev–Trinajstić information content (AvgIpc) is 2.45. The Hall–Kier alpha value is -1.57. The smallest absolute Gasteiger partial charge is 0.160 e.